The molecule has 1 aromatic heterocycles. The van der Waals surface area contributed by atoms with Crippen molar-refractivity contribution in [3.8, 4) is 0 Å². The van der Waals surface area contributed by atoms with Gasteiger partial charge in [0.05, 0.1) is 18.5 Å². The summed E-state index contributed by atoms with van der Waals surface area (Å²) in [6.07, 6.45) is 5.71. The molecule has 0 amide bonds. The Morgan fingerprint density at radius 2 is 2.32 bits per heavy atom. The van der Waals surface area contributed by atoms with E-state index in [-0.39, 0.29) is 12.2 Å². The highest BCUT2D eigenvalue weighted by molar-refractivity contribution is 9.10. The fourth-order valence-corrected chi connectivity index (χ4v) is 3.35. The van der Waals surface area contributed by atoms with E-state index in [0.29, 0.717) is 13.0 Å². The second-order valence-corrected chi connectivity index (χ2v) is 6.44. The molecule has 0 radical (unpaired) electrons. The molecule has 0 spiro atoms. The van der Waals surface area contributed by atoms with Gasteiger partial charge < -0.3 is 14.0 Å². The molecule has 118 valence electrons. The number of esters is 1. The van der Waals surface area contributed by atoms with E-state index in [1.807, 2.05) is 19.2 Å². The predicted molar refractivity (Wildman–Crippen MR) is 88.8 cm³/mol. The Bertz CT molecular complexity index is 674. The number of rotatable bonds is 4. The second-order valence-electron chi connectivity index (χ2n) is 5.53. The third-order valence-electron chi connectivity index (χ3n) is 3.98. The number of carbonyl (C=O) groups excluding carboxylic acids is 1. The summed E-state index contributed by atoms with van der Waals surface area (Å²) in [5.74, 6) is -0.189. The predicted octanol–water partition coefficient (Wildman–Crippen LogP) is 4.21. The zero-order chi connectivity index (χ0) is 15.5. The molecule has 0 bridgehead atoms. The van der Waals surface area contributed by atoms with Gasteiger partial charge in [0.2, 0.25) is 0 Å². The molecule has 1 aliphatic rings. The minimum Gasteiger partial charge on any atom is -0.466 e. The normalized spacial score (nSPS) is 18.5. The van der Waals surface area contributed by atoms with Crippen LogP contribution in [0.15, 0.2) is 28.9 Å². The highest BCUT2D eigenvalue weighted by atomic mass is 79.9. The Morgan fingerprint density at radius 3 is 3.05 bits per heavy atom. The number of nitrogens with zero attached hydrogens (tertiary/aromatic N) is 1. The summed E-state index contributed by atoms with van der Waals surface area (Å²) in [6.45, 7) is 3.04. The lowest BCUT2D eigenvalue weighted by Gasteiger charge is -2.24. The van der Waals surface area contributed by atoms with Gasteiger partial charge in [0, 0.05) is 22.7 Å². The van der Waals surface area contributed by atoms with E-state index in [1.54, 1.807) is 0 Å². The van der Waals surface area contributed by atoms with Crippen molar-refractivity contribution in [2.45, 2.75) is 38.8 Å². The second kappa shape index (κ2) is 6.84. The van der Waals surface area contributed by atoms with E-state index in [4.69, 9.17) is 9.47 Å². The fourth-order valence-electron chi connectivity index (χ4n) is 2.99. The highest BCUT2D eigenvalue weighted by Crippen LogP contribution is 2.32. The van der Waals surface area contributed by atoms with Crippen LogP contribution < -0.4 is 0 Å². The van der Waals surface area contributed by atoms with E-state index in [0.717, 1.165) is 40.4 Å². The molecular weight excluding hydrogens is 346 g/mol. The third kappa shape index (κ3) is 3.20. The number of benzene rings is 1. The number of fused-ring (bicyclic) bond motifs is 1. The monoisotopic (exact) mass is 365 g/mol. The molecule has 0 N–H and O–H groups in total. The number of hydrogen-bond donors (Lipinski definition) is 0. The molecule has 22 heavy (non-hydrogen) atoms. The van der Waals surface area contributed by atoms with Crippen molar-refractivity contribution in [1.82, 2.24) is 4.57 Å². The number of carbonyl (C=O) groups is 1. The average molecular weight is 366 g/mol. The summed E-state index contributed by atoms with van der Waals surface area (Å²) < 4.78 is 14.2. The summed E-state index contributed by atoms with van der Waals surface area (Å²) in [4.78, 5) is 11.9. The van der Waals surface area contributed by atoms with Crippen LogP contribution in [0.4, 0.5) is 0 Å². The lowest BCUT2D eigenvalue weighted by molar-refractivity contribution is -0.142. The molecular formula is C17H20BrNO3. The van der Waals surface area contributed by atoms with Gasteiger partial charge >= 0.3 is 5.97 Å². The first-order valence-electron chi connectivity index (χ1n) is 7.75. The van der Waals surface area contributed by atoms with Crippen LogP contribution in [0.25, 0.3) is 10.9 Å². The molecule has 0 aliphatic carbocycles. The van der Waals surface area contributed by atoms with Gasteiger partial charge in [-0.2, -0.15) is 0 Å². The maximum absolute atomic E-state index is 11.9. The Hall–Kier alpha value is -1.33. The molecule has 1 saturated heterocycles. The van der Waals surface area contributed by atoms with E-state index in [1.165, 1.54) is 6.42 Å². The van der Waals surface area contributed by atoms with Crippen LogP contribution in [0, 0.1) is 0 Å². The molecule has 2 aromatic rings. The molecule has 1 fully saturated rings. The van der Waals surface area contributed by atoms with Crippen LogP contribution in [-0.2, 0) is 20.7 Å². The van der Waals surface area contributed by atoms with Gasteiger partial charge in [-0.25, -0.2) is 0 Å². The summed E-state index contributed by atoms with van der Waals surface area (Å²) >= 11 is 3.51. The maximum Gasteiger partial charge on any atom is 0.310 e. The Balaban J connectivity index is 1.99. The lowest BCUT2D eigenvalue weighted by atomic mass is 10.1. The van der Waals surface area contributed by atoms with Crippen LogP contribution in [0.1, 0.15) is 38.0 Å². The first-order chi connectivity index (χ1) is 10.7. The van der Waals surface area contributed by atoms with E-state index in [9.17, 15) is 4.79 Å². The van der Waals surface area contributed by atoms with Crippen molar-refractivity contribution in [2.75, 3.05) is 13.2 Å². The average Bonchev–Trinajstić information content (AvgIpc) is 2.86. The van der Waals surface area contributed by atoms with E-state index in [2.05, 4.69) is 32.6 Å². The summed E-state index contributed by atoms with van der Waals surface area (Å²) in [6, 6.07) is 6.16. The zero-order valence-electron chi connectivity index (χ0n) is 12.7. The Labute approximate surface area is 138 Å². The molecule has 1 atom stereocenters. The van der Waals surface area contributed by atoms with Crippen LogP contribution in [0.2, 0.25) is 0 Å². The minimum absolute atomic E-state index is 0.0633. The van der Waals surface area contributed by atoms with E-state index >= 15 is 0 Å². The standard InChI is InChI=1S/C17H20BrNO3/c1-2-21-17(20)9-12-11-19(16-5-3-4-8-22-16)15-7-6-13(18)10-14(12)15/h6-7,10-11,16H,2-5,8-9H2,1H3. The van der Waals surface area contributed by atoms with E-state index < -0.39 is 0 Å². The summed E-state index contributed by atoms with van der Waals surface area (Å²) in [5.41, 5.74) is 2.10. The van der Waals surface area contributed by atoms with Gasteiger partial charge in [-0.1, -0.05) is 15.9 Å². The minimum atomic E-state index is -0.189. The molecule has 1 aliphatic heterocycles. The smallest absolute Gasteiger partial charge is 0.310 e. The number of hydrogen-bond acceptors (Lipinski definition) is 3. The lowest BCUT2D eigenvalue weighted by Crippen LogP contribution is -2.17. The van der Waals surface area contributed by atoms with Crippen LogP contribution in [-0.4, -0.2) is 23.8 Å². The molecule has 2 heterocycles. The molecule has 1 aromatic carbocycles. The fraction of sp³-hybridized carbons (Fsp3) is 0.471. The Kier molecular flexibility index (Phi) is 4.84. The number of halogens is 1. The molecule has 1 unspecified atom stereocenters. The van der Waals surface area contributed by atoms with Crippen molar-refractivity contribution in [2.24, 2.45) is 0 Å². The van der Waals surface area contributed by atoms with Crippen molar-refractivity contribution in [3.05, 3.63) is 34.4 Å². The van der Waals surface area contributed by atoms with Crippen molar-refractivity contribution in [3.63, 3.8) is 0 Å². The molecule has 3 rings (SSSR count). The van der Waals surface area contributed by atoms with Crippen molar-refractivity contribution >= 4 is 32.8 Å². The number of ether oxygens (including phenoxy) is 2. The van der Waals surface area contributed by atoms with Gasteiger partial charge in [0.1, 0.15) is 6.23 Å². The first kappa shape index (κ1) is 15.6. The molecule has 0 saturated carbocycles. The number of aromatic nitrogens is 1. The van der Waals surface area contributed by atoms with Gasteiger partial charge in [0.25, 0.3) is 0 Å². The molecule has 5 heteroatoms. The summed E-state index contributed by atoms with van der Waals surface area (Å²) in [5, 5.41) is 1.08. The third-order valence-corrected chi connectivity index (χ3v) is 4.48. The van der Waals surface area contributed by atoms with Crippen LogP contribution in [0.5, 0.6) is 0 Å². The van der Waals surface area contributed by atoms with Gasteiger partial charge in [-0.15, -0.1) is 0 Å². The SMILES string of the molecule is CCOC(=O)Cc1cn(C2CCCCO2)c2ccc(Br)cc12. The van der Waals surface area contributed by atoms with Crippen LogP contribution in [0.3, 0.4) is 0 Å². The quantitative estimate of drug-likeness (QED) is 0.762. The largest absolute Gasteiger partial charge is 0.466 e. The van der Waals surface area contributed by atoms with Crippen molar-refractivity contribution < 1.29 is 14.3 Å². The highest BCUT2D eigenvalue weighted by Gasteiger charge is 2.20. The maximum atomic E-state index is 11.9. The van der Waals surface area contributed by atoms with Gasteiger partial charge in [-0.3, -0.25) is 4.79 Å². The van der Waals surface area contributed by atoms with Gasteiger partial charge in [-0.05, 0) is 49.9 Å². The Morgan fingerprint density at radius 1 is 1.45 bits per heavy atom. The van der Waals surface area contributed by atoms with Gasteiger partial charge in [0.15, 0.2) is 0 Å². The van der Waals surface area contributed by atoms with Crippen molar-refractivity contribution in [1.29, 1.82) is 0 Å². The zero-order valence-corrected chi connectivity index (χ0v) is 14.3. The molecule has 4 nitrogen and oxygen atoms in total. The first-order valence-corrected chi connectivity index (χ1v) is 8.54. The summed E-state index contributed by atoms with van der Waals surface area (Å²) in [7, 11) is 0. The van der Waals surface area contributed by atoms with Crippen LogP contribution >= 0.6 is 15.9 Å². The topological polar surface area (TPSA) is 40.5 Å².